The number of halogens is 1. The Bertz CT molecular complexity index is 1010. The van der Waals surface area contributed by atoms with E-state index in [-0.39, 0.29) is 38.0 Å². The molecule has 9 nitrogen and oxygen atoms in total. The summed E-state index contributed by atoms with van der Waals surface area (Å²) >= 11 is 2.08. The number of aliphatic hydroxyl groups excluding tert-OH is 3. The number of carbonyl (C=O) groups is 2. The van der Waals surface area contributed by atoms with E-state index in [1.807, 2.05) is 6.08 Å². The van der Waals surface area contributed by atoms with E-state index < -0.39 is 18.2 Å². The number of ether oxygens (including phenoxy) is 2. The third-order valence-electron chi connectivity index (χ3n) is 6.86. The zero-order chi connectivity index (χ0) is 27.7. The minimum Gasteiger partial charge on any atom is -0.493 e. The van der Waals surface area contributed by atoms with Crippen LogP contribution in [0.3, 0.4) is 0 Å². The number of hydrogen-bond acceptors (Lipinski definition) is 7. The zero-order valence-corrected chi connectivity index (χ0v) is 24.1. The van der Waals surface area contributed by atoms with Gasteiger partial charge in [0.1, 0.15) is 12.2 Å². The lowest BCUT2D eigenvalue weighted by atomic mass is 9.87. The largest absolute Gasteiger partial charge is 0.493 e. The van der Waals surface area contributed by atoms with Crippen LogP contribution in [0.15, 0.2) is 36.4 Å². The summed E-state index contributed by atoms with van der Waals surface area (Å²) < 4.78 is 12.4. The van der Waals surface area contributed by atoms with Crippen LogP contribution >= 0.6 is 22.6 Å². The third kappa shape index (κ3) is 8.17. The summed E-state index contributed by atoms with van der Waals surface area (Å²) in [5, 5.41) is 33.0. The number of carbonyl (C=O) groups excluding carboxylic acids is 2. The van der Waals surface area contributed by atoms with Crippen molar-refractivity contribution in [1.82, 2.24) is 10.2 Å². The van der Waals surface area contributed by atoms with Gasteiger partial charge in [0, 0.05) is 31.5 Å². The van der Waals surface area contributed by atoms with E-state index >= 15 is 0 Å². The Morgan fingerprint density at radius 2 is 2.03 bits per heavy atom. The van der Waals surface area contributed by atoms with Crippen molar-refractivity contribution in [3.05, 3.63) is 45.6 Å². The molecule has 38 heavy (non-hydrogen) atoms. The predicted octanol–water partition coefficient (Wildman–Crippen LogP) is 2.69. The normalized spacial score (nSPS) is 20.9. The minimum atomic E-state index is -1.08. The molecule has 0 radical (unpaired) electrons. The van der Waals surface area contributed by atoms with Crippen LogP contribution in [-0.4, -0.2) is 77.1 Å². The van der Waals surface area contributed by atoms with Gasteiger partial charge in [-0.3, -0.25) is 9.59 Å². The minimum absolute atomic E-state index is 0.0414. The van der Waals surface area contributed by atoms with Crippen molar-refractivity contribution in [1.29, 1.82) is 0 Å². The van der Waals surface area contributed by atoms with Gasteiger partial charge in [-0.25, -0.2) is 0 Å². The van der Waals surface area contributed by atoms with Crippen molar-refractivity contribution < 1.29 is 34.4 Å². The average Bonchev–Trinajstić information content (AvgIpc) is 3.74. The van der Waals surface area contributed by atoms with E-state index in [0.29, 0.717) is 45.1 Å². The van der Waals surface area contributed by atoms with Gasteiger partial charge in [-0.05, 0) is 84.4 Å². The van der Waals surface area contributed by atoms with Crippen molar-refractivity contribution in [2.24, 2.45) is 5.92 Å². The first-order valence-electron chi connectivity index (χ1n) is 13.1. The van der Waals surface area contributed by atoms with Crippen molar-refractivity contribution in [3.63, 3.8) is 0 Å². The van der Waals surface area contributed by atoms with Gasteiger partial charge in [-0.15, -0.1) is 6.58 Å². The number of aliphatic hydroxyl groups is 3. The number of nitrogens with zero attached hydrogens (tertiary/aromatic N) is 1. The van der Waals surface area contributed by atoms with Gasteiger partial charge in [0.2, 0.25) is 11.8 Å². The summed E-state index contributed by atoms with van der Waals surface area (Å²) in [4.78, 5) is 28.1. The second-order valence-corrected chi connectivity index (χ2v) is 11.0. The van der Waals surface area contributed by atoms with Crippen LogP contribution in [-0.2, 0) is 16.2 Å². The molecule has 0 aromatic heterocycles. The summed E-state index contributed by atoms with van der Waals surface area (Å²) in [7, 11) is 1.49. The lowest BCUT2D eigenvalue weighted by Crippen LogP contribution is -2.55. The standard InChI is InChI=1S/C28H39IN2O7/c1-3-4-5-6-7-25(34)31(16-18-8-9-18)22-14-20(28(36)30-10-11-32)15-23(26(22)35)38-27-21(29)12-19(17-33)13-24(27)37-2/h3,12-13,15,18,22-23,26,32-33,35H,1,4-11,14,16-17H2,2H3,(H,30,36). The Kier molecular flexibility index (Phi) is 11.9. The van der Waals surface area contributed by atoms with Crippen molar-refractivity contribution >= 4 is 34.4 Å². The highest BCUT2D eigenvalue weighted by atomic mass is 127. The fraction of sp³-hybridized carbons (Fsp3) is 0.571. The van der Waals surface area contributed by atoms with Gasteiger partial charge in [0.05, 0.1) is 29.9 Å². The molecule has 0 saturated heterocycles. The summed E-state index contributed by atoms with van der Waals surface area (Å²) in [6.45, 7) is 4.00. The molecule has 1 fully saturated rings. The van der Waals surface area contributed by atoms with Crippen molar-refractivity contribution in [2.45, 2.75) is 69.8 Å². The quantitative estimate of drug-likeness (QED) is 0.132. The van der Waals surface area contributed by atoms with Crippen molar-refractivity contribution in [2.75, 3.05) is 26.8 Å². The van der Waals surface area contributed by atoms with Gasteiger partial charge in [-0.1, -0.05) is 6.08 Å². The topological polar surface area (TPSA) is 129 Å². The van der Waals surface area contributed by atoms with Crippen LogP contribution in [0.25, 0.3) is 0 Å². The molecule has 3 atom stereocenters. The Balaban J connectivity index is 1.92. The summed E-state index contributed by atoms with van der Waals surface area (Å²) in [5.74, 6) is 0.754. The highest BCUT2D eigenvalue weighted by Gasteiger charge is 2.42. The number of hydrogen-bond donors (Lipinski definition) is 4. The Labute approximate surface area is 238 Å². The van der Waals surface area contributed by atoms with Crippen LogP contribution in [0, 0.1) is 9.49 Å². The third-order valence-corrected chi connectivity index (χ3v) is 7.66. The highest BCUT2D eigenvalue weighted by molar-refractivity contribution is 14.1. The molecule has 0 bridgehead atoms. The van der Waals surface area contributed by atoms with Gasteiger partial charge >= 0.3 is 0 Å². The molecule has 1 aromatic rings. The maximum absolute atomic E-state index is 13.4. The molecule has 10 heteroatoms. The molecule has 3 unspecified atom stereocenters. The van der Waals surface area contributed by atoms with Gasteiger partial charge < -0.3 is 35.0 Å². The monoisotopic (exact) mass is 642 g/mol. The second kappa shape index (κ2) is 14.9. The van der Waals surface area contributed by atoms with Crippen LogP contribution < -0.4 is 14.8 Å². The molecule has 0 aliphatic heterocycles. The molecule has 1 saturated carbocycles. The fourth-order valence-corrected chi connectivity index (χ4v) is 5.40. The number of rotatable bonds is 15. The molecule has 2 aliphatic rings. The number of amides is 2. The molecule has 3 rings (SSSR count). The molecule has 2 aliphatic carbocycles. The van der Waals surface area contributed by atoms with Gasteiger partial charge in [-0.2, -0.15) is 0 Å². The maximum Gasteiger partial charge on any atom is 0.247 e. The first-order valence-corrected chi connectivity index (χ1v) is 14.2. The Morgan fingerprint density at radius 3 is 2.66 bits per heavy atom. The predicted molar refractivity (Wildman–Crippen MR) is 152 cm³/mol. The SMILES string of the molecule is C=CCCCCC(=O)N(CC1CC1)C1CC(C(=O)NCCO)=CC(Oc2c(I)cc(CO)cc2OC)C1O. The van der Waals surface area contributed by atoms with E-state index in [1.54, 1.807) is 23.1 Å². The smallest absolute Gasteiger partial charge is 0.247 e. The van der Waals surface area contributed by atoms with Crippen LogP contribution in [0.5, 0.6) is 11.5 Å². The zero-order valence-electron chi connectivity index (χ0n) is 21.9. The van der Waals surface area contributed by atoms with Gasteiger partial charge in [0.25, 0.3) is 0 Å². The van der Waals surface area contributed by atoms with Crippen molar-refractivity contribution in [3.8, 4) is 11.5 Å². The molecule has 210 valence electrons. The van der Waals surface area contributed by atoms with E-state index in [0.717, 1.165) is 32.1 Å². The van der Waals surface area contributed by atoms with E-state index in [4.69, 9.17) is 9.47 Å². The number of methoxy groups -OCH3 is 1. The van der Waals surface area contributed by atoms with Crippen LogP contribution in [0.2, 0.25) is 0 Å². The Morgan fingerprint density at radius 1 is 1.26 bits per heavy atom. The van der Waals surface area contributed by atoms with E-state index in [2.05, 4.69) is 34.5 Å². The number of benzene rings is 1. The first-order chi connectivity index (χ1) is 18.3. The molecule has 0 heterocycles. The van der Waals surface area contributed by atoms with E-state index in [9.17, 15) is 24.9 Å². The molecule has 4 N–H and O–H groups in total. The molecule has 0 spiro atoms. The second-order valence-electron chi connectivity index (χ2n) is 9.81. The van der Waals surface area contributed by atoms with E-state index in [1.165, 1.54) is 7.11 Å². The number of unbranched alkanes of at least 4 members (excludes halogenated alkanes) is 2. The summed E-state index contributed by atoms with van der Waals surface area (Å²) in [6, 6.07) is 2.78. The van der Waals surface area contributed by atoms with Gasteiger partial charge in [0.15, 0.2) is 11.5 Å². The highest BCUT2D eigenvalue weighted by Crippen LogP contribution is 2.38. The Hall–Kier alpha value is -2.15. The lowest BCUT2D eigenvalue weighted by Gasteiger charge is -2.41. The molecular weight excluding hydrogens is 603 g/mol. The molecular formula is C28H39IN2O7. The first kappa shape index (κ1) is 30.4. The molecule has 2 amide bonds. The maximum atomic E-state index is 13.4. The van der Waals surface area contributed by atoms with Crippen LogP contribution in [0.1, 0.15) is 50.5 Å². The molecule has 1 aromatic carbocycles. The fourth-order valence-electron chi connectivity index (χ4n) is 4.60. The average molecular weight is 643 g/mol. The number of allylic oxidation sites excluding steroid dienone is 1. The van der Waals surface area contributed by atoms with Crippen LogP contribution in [0.4, 0.5) is 0 Å². The summed E-state index contributed by atoms with van der Waals surface area (Å²) in [5.41, 5.74) is 1.04. The summed E-state index contributed by atoms with van der Waals surface area (Å²) in [6.07, 6.45) is 6.45. The number of nitrogens with one attached hydrogen (secondary N) is 1. The lowest BCUT2D eigenvalue weighted by molar-refractivity contribution is -0.139.